The van der Waals surface area contributed by atoms with Crippen LogP contribution in [0.2, 0.25) is 0 Å². The molecule has 8 heteroatoms. The van der Waals surface area contributed by atoms with E-state index in [2.05, 4.69) is 21.2 Å². The van der Waals surface area contributed by atoms with Crippen LogP contribution in [0.1, 0.15) is 0 Å². The molecule has 1 aliphatic heterocycles. The Bertz CT molecular complexity index is 527. The van der Waals surface area contributed by atoms with Crippen LogP contribution < -0.4 is 5.32 Å². The van der Waals surface area contributed by atoms with Crippen LogP contribution in [-0.4, -0.2) is 59.6 Å². The first-order valence-electron chi connectivity index (χ1n) is 6.41. The highest BCUT2D eigenvalue weighted by Gasteiger charge is 2.23. The van der Waals surface area contributed by atoms with E-state index in [-0.39, 0.29) is 12.2 Å². The van der Waals surface area contributed by atoms with Gasteiger partial charge in [0.05, 0.1) is 12.2 Å². The fourth-order valence-electron chi connectivity index (χ4n) is 2.10. The molecule has 1 aliphatic rings. The molecule has 2 amide bonds. The third-order valence-corrected chi connectivity index (χ3v) is 3.87. The van der Waals surface area contributed by atoms with Crippen LogP contribution in [0.25, 0.3) is 0 Å². The van der Waals surface area contributed by atoms with Crippen molar-refractivity contribution in [2.75, 3.05) is 38.0 Å². The van der Waals surface area contributed by atoms with Gasteiger partial charge in [-0.25, -0.2) is 9.18 Å². The number of carboxylic acids is 1. The SMILES string of the molecule is O=C(O)CN1CCN(C(=O)Nc2c(F)cccc2Br)CC1. The summed E-state index contributed by atoms with van der Waals surface area (Å²) in [4.78, 5) is 26.0. The van der Waals surface area contributed by atoms with Crippen molar-refractivity contribution in [3.8, 4) is 0 Å². The Morgan fingerprint density at radius 2 is 1.95 bits per heavy atom. The number of nitrogens with zero attached hydrogens (tertiary/aromatic N) is 2. The molecule has 0 saturated carbocycles. The number of amides is 2. The molecule has 114 valence electrons. The molecule has 1 aromatic rings. The molecule has 0 radical (unpaired) electrons. The topological polar surface area (TPSA) is 72.9 Å². The van der Waals surface area contributed by atoms with Crippen LogP contribution >= 0.6 is 15.9 Å². The summed E-state index contributed by atoms with van der Waals surface area (Å²) in [5.41, 5.74) is 0.107. The molecule has 21 heavy (non-hydrogen) atoms. The van der Waals surface area contributed by atoms with Gasteiger partial charge >= 0.3 is 12.0 Å². The first-order chi connectivity index (χ1) is 9.97. The summed E-state index contributed by atoms with van der Waals surface area (Å²) in [5, 5.41) is 11.2. The molecule has 0 spiro atoms. The lowest BCUT2D eigenvalue weighted by Gasteiger charge is -2.33. The van der Waals surface area contributed by atoms with Gasteiger partial charge in [0.15, 0.2) is 0 Å². The fraction of sp³-hybridized carbons (Fsp3) is 0.385. The maximum absolute atomic E-state index is 13.6. The van der Waals surface area contributed by atoms with Crippen molar-refractivity contribution >= 4 is 33.6 Å². The Morgan fingerprint density at radius 1 is 1.29 bits per heavy atom. The van der Waals surface area contributed by atoms with Crippen molar-refractivity contribution < 1.29 is 19.1 Å². The van der Waals surface area contributed by atoms with E-state index < -0.39 is 17.8 Å². The lowest BCUT2D eigenvalue weighted by Crippen LogP contribution is -2.51. The predicted molar refractivity (Wildman–Crippen MR) is 78.8 cm³/mol. The monoisotopic (exact) mass is 359 g/mol. The average molecular weight is 360 g/mol. The molecule has 1 heterocycles. The van der Waals surface area contributed by atoms with Crippen molar-refractivity contribution in [3.05, 3.63) is 28.5 Å². The highest BCUT2D eigenvalue weighted by Crippen LogP contribution is 2.25. The quantitative estimate of drug-likeness (QED) is 0.863. The number of anilines is 1. The van der Waals surface area contributed by atoms with E-state index in [1.165, 1.54) is 11.0 Å². The zero-order valence-corrected chi connectivity index (χ0v) is 12.8. The van der Waals surface area contributed by atoms with Gasteiger partial charge in [-0.05, 0) is 28.1 Å². The number of para-hydroxylation sites is 1. The van der Waals surface area contributed by atoms with E-state index in [1.807, 2.05) is 0 Å². The first-order valence-corrected chi connectivity index (χ1v) is 7.21. The van der Waals surface area contributed by atoms with Gasteiger partial charge < -0.3 is 15.3 Å². The average Bonchev–Trinajstić information content (AvgIpc) is 2.43. The van der Waals surface area contributed by atoms with E-state index in [4.69, 9.17) is 5.11 Å². The number of rotatable bonds is 3. The normalized spacial score (nSPS) is 15.8. The third-order valence-electron chi connectivity index (χ3n) is 3.21. The largest absolute Gasteiger partial charge is 0.480 e. The Kier molecular flexibility index (Phi) is 5.13. The highest BCUT2D eigenvalue weighted by atomic mass is 79.9. The molecule has 2 rings (SSSR count). The van der Waals surface area contributed by atoms with E-state index >= 15 is 0 Å². The number of carbonyl (C=O) groups excluding carboxylic acids is 1. The van der Waals surface area contributed by atoms with Gasteiger partial charge in [-0.3, -0.25) is 9.69 Å². The number of hydrogen-bond donors (Lipinski definition) is 2. The number of carbonyl (C=O) groups is 2. The summed E-state index contributed by atoms with van der Waals surface area (Å²) in [7, 11) is 0. The van der Waals surface area contributed by atoms with E-state index in [9.17, 15) is 14.0 Å². The smallest absolute Gasteiger partial charge is 0.322 e. The number of piperazine rings is 1. The van der Waals surface area contributed by atoms with Gasteiger partial charge in [0, 0.05) is 30.7 Å². The second-order valence-electron chi connectivity index (χ2n) is 4.68. The van der Waals surface area contributed by atoms with E-state index in [0.29, 0.717) is 30.7 Å². The van der Waals surface area contributed by atoms with Crippen molar-refractivity contribution in [2.24, 2.45) is 0 Å². The molecule has 2 N–H and O–H groups in total. The molecule has 1 aromatic carbocycles. The van der Waals surface area contributed by atoms with E-state index in [0.717, 1.165) is 0 Å². The number of carboxylic acid groups (broad SMARTS) is 1. The number of nitrogens with one attached hydrogen (secondary N) is 1. The number of hydrogen-bond acceptors (Lipinski definition) is 3. The van der Waals surface area contributed by atoms with Gasteiger partial charge in [0.2, 0.25) is 0 Å². The summed E-state index contributed by atoms with van der Waals surface area (Å²) < 4.78 is 14.1. The molecule has 0 aromatic heterocycles. The molecule has 0 aliphatic carbocycles. The van der Waals surface area contributed by atoms with Gasteiger partial charge in [-0.15, -0.1) is 0 Å². The molecular formula is C13H15BrFN3O3. The van der Waals surface area contributed by atoms with Crippen LogP contribution in [0.15, 0.2) is 22.7 Å². The summed E-state index contributed by atoms with van der Waals surface area (Å²) in [5.74, 6) is -1.40. The van der Waals surface area contributed by atoms with Crippen LogP contribution in [0.3, 0.4) is 0 Å². The highest BCUT2D eigenvalue weighted by molar-refractivity contribution is 9.10. The molecular weight excluding hydrogens is 345 g/mol. The maximum atomic E-state index is 13.6. The fourth-order valence-corrected chi connectivity index (χ4v) is 2.54. The van der Waals surface area contributed by atoms with Crippen LogP contribution in [0, 0.1) is 5.82 Å². The summed E-state index contributed by atoms with van der Waals surface area (Å²) in [6, 6.07) is 4.06. The zero-order chi connectivity index (χ0) is 15.4. The van der Waals surface area contributed by atoms with Crippen molar-refractivity contribution in [3.63, 3.8) is 0 Å². The minimum Gasteiger partial charge on any atom is -0.480 e. The Hall–Kier alpha value is -1.67. The second-order valence-corrected chi connectivity index (χ2v) is 5.54. The third kappa shape index (κ3) is 4.15. The number of benzene rings is 1. The number of halogens is 2. The molecule has 0 atom stereocenters. The minimum absolute atomic E-state index is 0.0334. The van der Waals surface area contributed by atoms with Gasteiger partial charge in [-0.1, -0.05) is 6.07 Å². The zero-order valence-electron chi connectivity index (χ0n) is 11.2. The number of aliphatic carboxylic acids is 1. The van der Waals surface area contributed by atoms with E-state index in [1.54, 1.807) is 17.0 Å². The van der Waals surface area contributed by atoms with Crippen LogP contribution in [-0.2, 0) is 4.79 Å². The Labute approximate surface area is 129 Å². The van der Waals surface area contributed by atoms with Crippen molar-refractivity contribution in [2.45, 2.75) is 0 Å². The Morgan fingerprint density at radius 3 is 2.52 bits per heavy atom. The lowest BCUT2D eigenvalue weighted by molar-refractivity contribution is -0.138. The van der Waals surface area contributed by atoms with Crippen molar-refractivity contribution in [1.29, 1.82) is 0 Å². The van der Waals surface area contributed by atoms with Gasteiger partial charge in [-0.2, -0.15) is 0 Å². The maximum Gasteiger partial charge on any atom is 0.322 e. The molecule has 1 saturated heterocycles. The minimum atomic E-state index is -0.886. The molecule has 0 unspecified atom stereocenters. The lowest BCUT2D eigenvalue weighted by atomic mass is 10.3. The molecule has 6 nitrogen and oxygen atoms in total. The summed E-state index contributed by atoms with van der Waals surface area (Å²) in [6.07, 6.45) is 0. The standard InChI is InChI=1S/C13H15BrFN3O3/c14-9-2-1-3-10(15)12(9)16-13(21)18-6-4-17(5-7-18)8-11(19)20/h1-3H,4-8H2,(H,16,21)(H,19,20). The Balaban J connectivity index is 1.92. The van der Waals surface area contributed by atoms with Gasteiger partial charge in [0.1, 0.15) is 5.82 Å². The van der Waals surface area contributed by atoms with Gasteiger partial charge in [0.25, 0.3) is 0 Å². The van der Waals surface area contributed by atoms with Crippen molar-refractivity contribution in [1.82, 2.24) is 9.80 Å². The first kappa shape index (κ1) is 15.7. The molecule has 1 fully saturated rings. The van der Waals surface area contributed by atoms with Crippen LogP contribution in [0.4, 0.5) is 14.9 Å². The van der Waals surface area contributed by atoms with Crippen LogP contribution in [0.5, 0.6) is 0 Å². The number of urea groups is 1. The second kappa shape index (κ2) is 6.86. The predicted octanol–water partition coefficient (Wildman–Crippen LogP) is 1.82. The summed E-state index contributed by atoms with van der Waals surface area (Å²) >= 11 is 3.19. The summed E-state index contributed by atoms with van der Waals surface area (Å²) in [6.45, 7) is 1.75. The molecule has 0 bridgehead atoms.